The van der Waals surface area contributed by atoms with Crippen molar-refractivity contribution < 1.29 is 24.0 Å². The van der Waals surface area contributed by atoms with E-state index >= 15 is 0 Å². The van der Waals surface area contributed by atoms with Gasteiger partial charge in [0, 0.05) is 30.4 Å². The lowest BCUT2D eigenvalue weighted by molar-refractivity contribution is -0.384. The van der Waals surface area contributed by atoms with Crippen LogP contribution in [0.4, 0.5) is 17.1 Å². The number of amides is 1. The Balaban J connectivity index is 2.16. The van der Waals surface area contributed by atoms with Crippen molar-refractivity contribution in [3.63, 3.8) is 0 Å². The third-order valence-electron chi connectivity index (χ3n) is 3.92. The summed E-state index contributed by atoms with van der Waals surface area (Å²) in [6.07, 6.45) is -1.20. The second-order valence-corrected chi connectivity index (χ2v) is 5.88. The molecule has 28 heavy (non-hydrogen) atoms. The molecule has 2 aromatic rings. The minimum atomic E-state index is -1.20. The highest BCUT2D eigenvalue weighted by atomic mass is 16.6. The van der Waals surface area contributed by atoms with Crippen LogP contribution >= 0.6 is 0 Å². The van der Waals surface area contributed by atoms with Crippen LogP contribution in [-0.4, -0.2) is 35.7 Å². The number of Topliss-reactive ketones (excluding diaryl/α,β-unsaturated/α-hetero) is 1. The van der Waals surface area contributed by atoms with Gasteiger partial charge in [0.25, 0.3) is 11.6 Å². The summed E-state index contributed by atoms with van der Waals surface area (Å²) < 4.78 is 5.15. The average Bonchev–Trinajstić information content (AvgIpc) is 2.67. The number of ether oxygens (including phenoxy) is 1. The van der Waals surface area contributed by atoms with E-state index in [1.165, 1.54) is 26.0 Å². The number of hydrogen-bond acceptors (Lipinski definition) is 7. The number of carbonyl (C=O) groups excluding carboxylic acids is 3. The Kier molecular flexibility index (Phi) is 6.43. The van der Waals surface area contributed by atoms with Gasteiger partial charge in [0.2, 0.25) is 0 Å². The van der Waals surface area contributed by atoms with Gasteiger partial charge in [0.1, 0.15) is 0 Å². The largest absolute Gasteiger partial charge is 0.449 e. The van der Waals surface area contributed by atoms with Gasteiger partial charge >= 0.3 is 5.97 Å². The van der Waals surface area contributed by atoms with E-state index in [9.17, 15) is 24.5 Å². The third-order valence-corrected chi connectivity index (χ3v) is 3.92. The van der Waals surface area contributed by atoms with Gasteiger partial charge < -0.3 is 15.4 Å². The van der Waals surface area contributed by atoms with E-state index in [0.717, 1.165) is 6.07 Å². The van der Waals surface area contributed by atoms with Crippen molar-refractivity contribution in [2.45, 2.75) is 20.0 Å². The maximum atomic E-state index is 12.4. The molecule has 146 valence electrons. The molecule has 0 aliphatic rings. The Labute approximate surface area is 160 Å². The molecule has 0 unspecified atom stereocenters. The van der Waals surface area contributed by atoms with Crippen molar-refractivity contribution in [2.24, 2.45) is 0 Å². The zero-order valence-corrected chi connectivity index (χ0v) is 15.5. The Morgan fingerprint density at radius 3 is 2.36 bits per heavy atom. The molecule has 1 atom stereocenters. The van der Waals surface area contributed by atoms with Crippen molar-refractivity contribution in [3.8, 4) is 0 Å². The number of nitrogens with zero attached hydrogens (tertiary/aromatic N) is 1. The highest BCUT2D eigenvalue weighted by Crippen LogP contribution is 2.23. The second kappa shape index (κ2) is 8.76. The van der Waals surface area contributed by atoms with E-state index < -0.39 is 22.9 Å². The highest BCUT2D eigenvalue weighted by molar-refractivity contribution is 6.05. The average molecular weight is 385 g/mol. The monoisotopic (exact) mass is 385 g/mol. The number of non-ortho nitro benzene ring substituents is 1. The van der Waals surface area contributed by atoms with Gasteiger partial charge in [-0.2, -0.15) is 0 Å². The van der Waals surface area contributed by atoms with Gasteiger partial charge in [-0.15, -0.1) is 0 Å². The van der Waals surface area contributed by atoms with Crippen molar-refractivity contribution in [2.75, 3.05) is 17.7 Å². The Hall–Kier alpha value is -3.75. The van der Waals surface area contributed by atoms with Crippen LogP contribution in [0.25, 0.3) is 0 Å². The number of anilines is 2. The molecule has 0 saturated heterocycles. The molecule has 0 aliphatic heterocycles. The lowest BCUT2D eigenvalue weighted by Gasteiger charge is -2.16. The number of nitro benzene ring substituents is 1. The Bertz CT molecular complexity index is 941. The van der Waals surface area contributed by atoms with Crippen LogP contribution in [0, 0.1) is 10.1 Å². The van der Waals surface area contributed by atoms with Gasteiger partial charge in [-0.25, -0.2) is 4.79 Å². The molecule has 9 heteroatoms. The summed E-state index contributed by atoms with van der Waals surface area (Å²) in [6, 6.07) is 10.1. The number of carbonyl (C=O) groups is 3. The molecule has 0 aliphatic carbocycles. The number of ketones is 1. The molecule has 2 rings (SSSR count). The molecule has 0 heterocycles. The first kappa shape index (κ1) is 20.6. The van der Waals surface area contributed by atoms with Crippen molar-refractivity contribution in [1.29, 1.82) is 0 Å². The number of hydrogen-bond donors (Lipinski definition) is 2. The summed E-state index contributed by atoms with van der Waals surface area (Å²) in [5.74, 6) is -1.76. The maximum absolute atomic E-state index is 12.4. The van der Waals surface area contributed by atoms with Crippen LogP contribution in [-0.2, 0) is 9.53 Å². The molecule has 9 nitrogen and oxygen atoms in total. The maximum Gasteiger partial charge on any atom is 0.341 e. The fourth-order valence-corrected chi connectivity index (χ4v) is 2.44. The van der Waals surface area contributed by atoms with Gasteiger partial charge in [-0.1, -0.05) is 12.1 Å². The number of esters is 1. The van der Waals surface area contributed by atoms with Crippen LogP contribution in [0.1, 0.15) is 34.6 Å². The molecule has 0 bridgehead atoms. The van der Waals surface area contributed by atoms with Crippen LogP contribution in [0.5, 0.6) is 0 Å². The van der Waals surface area contributed by atoms with Crippen LogP contribution in [0.2, 0.25) is 0 Å². The zero-order valence-electron chi connectivity index (χ0n) is 15.5. The lowest BCUT2D eigenvalue weighted by Crippen LogP contribution is -2.30. The number of para-hydroxylation sites is 1. The highest BCUT2D eigenvalue weighted by Gasteiger charge is 2.23. The summed E-state index contributed by atoms with van der Waals surface area (Å²) in [5.41, 5.74) is 0.601. The van der Waals surface area contributed by atoms with E-state index in [2.05, 4.69) is 10.6 Å². The molecular weight excluding hydrogens is 366 g/mol. The van der Waals surface area contributed by atoms with E-state index in [4.69, 9.17) is 4.74 Å². The molecule has 0 spiro atoms. The summed E-state index contributed by atoms with van der Waals surface area (Å²) in [7, 11) is 1.55. The van der Waals surface area contributed by atoms with Crippen LogP contribution in [0.15, 0.2) is 42.5 Å². The molecule has 0 radical (unpaired) electrons. The van der Waals surface area contributed by atoms with E-state index in [1.807, 2.05) is 0 Å². The minimum absolute atomic E-state index is 0.0690. The molecule has 1 amide bonds. The summed E-state index contributed by atoms with van der Waals surface area (Å²) in [6.45, 7) is 2.73. The van der Waals surface area contributed by atoms with Crippen LogP contribution in [0.3, 0.4) is 0 Å². The molecular formula is C19H19N3O6. The first-order valence-corrected chi connectivity index (χ1v) is 8.32. The molecule has 0 fully saturated rings. The van der Waals surface area contributed by atoms with E-state index in [1.54, 1.807) is 31.3 Å². The normalized spacial score (nSPS) is 11.2. The SMILES string of the molecule is CNc1ccc([N+](=O)[O-])cc1C(=O)O[C@@H](C)C(=O)Nc1ccccc1C(C)=O. The first-order chi connectivity index (χ1) is 13.2. The number of rotatable bonds is 7. The fraction of sp³-hybridized carbons (Fsp3) is 0.211. The third kappa shape index (κ3) is 4.70. The molecule has 2 aromatic carbocycles. The fourth-order valence-electron chi connectivity index (χ4n) is 2.44. The Morgan fingerprint density at radius 2 is 1.75 bits per heavy atom. The van der Waals surface area contributed by atoms with Crippen molar-refractivity contribution in [1.82, 2.24) is 0 Å². The van der Waals surface area contributed by atoms with Gasteiger partial charge in [-0.05, 0) is 32.0 Å². The van der Waals surface area contributed by atoms with Gasteiger partial charge in [0.05, 0.1) is 16.2 Å². The van der Waals surface area contributed by atoms with Crippen LogP contribution < -0.4 is 10.6 Å². The van der Waals surface area contributed by atoms with Gasteiger partial charge in [0.15, 0.2) is 11.9 Å². The number of benzene rings is 2. The van der Waals surface area contributed by atoms with E-state index in [-0.39, 0.29) is 17.0 Å². The standard InChI is InChI=1S/C19H19N3O6/c1-11(23)14-6-4-5-7-17(14)21-18(24)12(2)28-19(25)15-10-13(22(26)27)8-9-16(15)20-3/h4-10,12,20H,1-3H3,(H,21,24)/t12-/m0/s1. The zero-order chi connectivity index (χ0) is 20.8. The Morgan fingerprint density at radius 1 is 1.07 bits per heavy atom. The van der Waals surface area contributed by atoms with Crippen molar-refractivity contribution in [3.05, 3.63) is 63.7 Å². The van der Waals surface area contributed by atoms with E-state index in [0.29, 0.717) is 16.9 Å². The first-order valence-electron chi connectivity index (χ1n) is 8.32. The molecule has 2 N–H and O–H groups in total. The minimum Gasteiger partial charge on any atom is -0.449 e. The second-order valence-electron chi connectivity index (χ2n) is 5.88. The van der Waals surface area contributed by atoms with Gasteiger partial charge in [-0.3, -0.25) is 19.7 Å². The number of nitrogens with one attached hydrogen (secondary N) is 2. The predicted molar refractivity (Wildman–Crippen MR) is 103 cm³/mol. The molecule has 0 aromatic heterocycles. The quantitative estimate of drug-likeness (QED) is 0.324. The topological polar surface area (TPSA) is 128 Å². The predicted octanol–water partition coefficient (Wildman–Crippen LogP) is 3.02. The lowest BCUT2D eigenvalue weighted by atomic mass is 10.1. The summed E-state index contributed by atoms with van der Waals surface area (Å²) >= 11 is 0. The smallest absolute Gasteiger partial charge is 0.341 e. The molecule has 0 saturated carbocycles. The summed E-state index contributed by atoms with van der Waals surface area (Å²) in [5, 5.41) is 16.2. The number of nitro groups is 1. The summed E-state index contributed by atoms with van der Waals surface area (Å²) in [4.78, 5) is 46.7. The van der Waals surface area contributed by atoms with Crippen molar-refractivity contribution >= 4 is 34.7 Å².